The Balaban J connectivity index is 1.92. The highest BCUT2D eigenvalue weighted by Crippen LogP contribution is 2.19. The summed E-state index contributed by atoms with van der Waals surface area (Å²) in [7, 11) is 1.89. The maximum atomic E-state index is 11.8. The lowest BCUT2D eigenvalue weighted by Crippen LogP contribution is -2.10. The Bertz CT molecular complexity index is 531. The molecule has 2 rings (SSSR count). The van der Waals surface area contributed by atoms with Gasteiger partial charge in [-0.1, -0.05) is 0 Å². The molecule has 0 N–H and O–H groups in total. The highest BCUT2D eigenvalue weighted by molar-refractivity contribution is 7.98. The van der Waals surface area contributed by atoms with E-state index in [2.05, 4.69) is 0 Å². The molecular formula is C14H15NO2S. The van der Waals surface area contributed by atoms with Gasteiger partial charge in [-0.3, -0.25) is 4.79 Å². The lowest BCUT2D eigenvalue weighted by molar-refractivity contribution is 0.0921. The maximum absolute atomic E-state index is 11.8. The van der Waals surface area contributed by atoms with E-state index in [1.807, 2.05) is 48.3 Å². The molecule has 0 unspecified atom stereocenters. The smallest absolute Gasteiger partial charge is 0.201 e. The number of rotatable bonds is 5. The fourth-order valence-corrected chi connectivity index (χ4v) is 1.98. The van der Waals surface area contributed by atoms with Crippen molar-refractivity contribution in [1.82, 2.24) is 4.57 Å². The van der Waals surface area contributed by atoms with Crippen molar-refractivity contribution in [2.45, 2.75) is 4.90 Å². The first-order valence-electron chi connectivity index (χ1n) is 5.61. The summed E-state index contributed by atoms with van der Waals surface area (Å²) in [4.78, 5) is 13.0. The van der Waals surface area contributed by atoms with E-state index in [-0.39, 0.29) is 12.4 Å². The van der Waals surface area contributed by atoms with Gasteiger partial charge in [-0.2, -0.15) is 0 Å². The van der Waals surface area contributed by atoms with Crippen molar-refractivity contribution in [1.29, 1.82) is 0 Å². The fraction of sp³-hybridized carbons (Fsp3) is 0.214. The van der Waals surface area contributed by atoms with Crippen molar-refractivity contribution in [3.05, 3.63) is 48.3 Å². The van der Waals surface area contributed by atoms with Gasteiger partial charge >= 0.3 is 0 Å². The van der Waals surface area contributed by atoms with Gasteiger partial charge in [0.1, 0.15) is 5.75 Å². The van der Waals surface area contributed by atoms with E-state index in [0.29, 0.717) is 5.56 Å². The zero-order chi connectivity index (χ0) is 13.0. The Hall–Kier alpha value is -1.68. The zero-order valence-corrected chi connectivity index (χ0v) is 11.2. The van der Waals surface area contributed by atoms with E-state index in [1.165, 1.54) is 4.90 Å². The molecule has 0 radical (unpaired) electrons. The number of hydrogen-bond acceptors (Lipinski definition) is 3. The Morgan fingerprint density at radius 3 is 2.56 bits per heavy atom. The van der Waals surface area contributed by atoms with Crippen LogP contribution in [-0.4, -0.2) is 23.2 Å². The second kappa shape index (κ2) is 5.78. The lowest BCUT2D eigenvalue weighted by atomic mass is 10.2. The predicted octanol–water partition coefficient (Wildman–Crippen LogP) is 3.01. The van der Waals surface area contributed by atoms with Crippen LogP contribution in [0.1, 0.15) is 10.4 Å². The van der Waals surface area contributed by atoms with E-state index >= 15 is 0 Å². The quantitative estimate of drug-likeness (QED) is 0.612. The number of Topliss-reactive ketones (excluding diaryl/α,β-unsaturated/α-hetero) is 1. The van der Waals surface area contributed by atoms with Crippen LogP contribution in [0, 0.1) is 0 Å². The first-order valence-corrected chi connectivity index (χ1v) is 6.83. The topological polar surface area (TPSA) is 31.2 Å². The summed E-state index contributed by atoms with van der Waals surface area (Å²) in [6.45, 7) is 0.0721. The van der Waals surface area contributed by atoms with Crippen molar-refractivity contribution in [2.24, 2.45) is 7.05 Å². The summed E-state index contributed by atoms with van der Waals surface area (Å²) in [5, 5.41) is 0. The number of aromatic nitrogens is 1. The van der Waals surface area contributed by atoms with Crippen molar-refractivity contribution in [3.8, 4) is 5.75 Å². The molecule has 4 heteroatoms. The molecular weight excluding hydrogens is 246 g/mol. The van der Waals surface area contributed by atoms with E-state index in [0.717, 1.165) is 5.75 Å². The van der Waals surface area contributed by atoms with Gasteiger partial charge in [0.25, 0.3) is 0 Å². The molecule has 0 aliphatic heterocycles. The number of nitrogens with zero attached hydrogens (tertiary/aromatic N) is 1. The molecule has 0 saturated carbocycles. The maximum Gasteiger partial charge on any atom is 0.201 e. The minimum absolute atomic E-state index is 0.00968. The fourth-order valence-electron chi connectivity index (χ4n) is 1.57. The Labute approximate surface area is 111 Å². The van der Waals surface area contributed by atoms with E-state index in [9.17, 15) is 4.79 Å². The number of ether oxygens (including phenoxy) is 1. The molecule has 0 aliphatic carbocycles. The van der Waals surface area contributed by atoms with Crippen LogP contribution in [0.4, 0.5) is 0 Å². The Morgan fingerprint density at radius 2 is 2.00 bits per heavy atom. The third-order valence-electron chi connectivity index (χ3n) is 2.58. The second-order valence-electron chi connectivity index (χ2n) is 3.95. The average Bonchev–Trinajstić information content (AvgIpc) is 2.83. The zero-order valence-electron chi connectivity index (χ0n) is 10.4. The van der Waals surface area contributed by atoms with Crippen molar-refractivity contribution >= 4 is 17.5 Å². The summed E-state index contributed by atoms with van der Waals surface area (Å²) >= 11 is 1.68. The highest BCUT2D eigenvalue weighted by atomic mass is 32.2. The molecule has 2 aromatic rings. The Kier molecular flexibility index (Phi) is 4.10. The van der Waals surface area contributed by atoms with Gasteiger partial charge in [-0.25, -0.2) is 0 Å². The molecule has 0 bridgehead atoms. The summed E-state index contributed by atoms with van der Waals surface area (Å²) in [6, 6.07) is 9.51. The lowest BCUT2D eigenvalue weighted by Gasteiger charge is -2.05. The van der Waals surface area contributed by atoms with Crippen LogP contribution in [0.2, 0.25) is 0 Å². The highest BCUT2D eigenvalue weighted by Gasteiger charge is 2.07. The van der Waals surface area contributed by atoms with Crippen LogP contribution in [0.15, 0.2) is 47.6 Å². The first-order chi connectivity index (χ1) is 8.69. The van der Waals surface area contributed by atoms with Gasteiger partial charge in [0.05, 0.1) is 0 Å². The van der Waals surface area contributed by atoms with E-state index < -0.39 is 0 Å². The molecule has 1 aromatic carbocycles. The van der Waals surface area contributed by atoms with Crippen molar-refractivity contribution in [2.75, 3.05) is 12.9 Å². The second-order valence-corrected chi connectivity index (χ2v) is 4.83. The molecule has 0 amide bonds. The summed E-state index contributed by atoms with van der Waals surface area (Å²) < 4.78 is 7.31. The molecule has 94 valence electrons. The van der Waals surface area contributed by atoms with Crippen LogP contribution < -0.4 is 4.74 Å². The van der Waals surface area contributed by atoms with Crippen LogP contribution in [-0.2, 0) is 7.05 Å². The SMILES string of the molecule is CSc1ccc(OCC(=O)c2ccn(C)c2)cc1. The number of aryl methyl sites for hydroxylation is 1. The van der Waals surface area contributed by atoms with E-state index in [1.54, 1.807) is 24.0 Å². The number of carbonyl (C=O) groups excluding carboxylic acids is 1. The Morgan fingerprint density at radius 1 is 1.28 bits per heavy atom. The largest absolute Gasteiger partial charge is 0.485 e. The van der Waals surface area contributed by atoms with Gasteiger partial charge in [0.15, 0.2) is 6.61 Å². The molecule has 0 fully saturated rings. The number of hydrogen-bond donors (Lipinski definition) is 0. The molecule has 18 heavy (non-hydrogen) atoms. The number of thioether (sulfide) groups is 1. The monoisotopic (exact) mass is 261 g/mol. The normalized spacial score (nSPS) is 10.3. The van der Waals surface area contributed by atoms with E-state index in [4.69, 9.17) is 4.74 Å². The number of carbonyl (C=O) groups is 1. The summed E-state index contributed by atoms with van der Waals surface area (Å²) in [5.41, 5.74) is 0.679. The first kappa shape index (κ1) is 12.8. The molecule has 0 atom stereocenters. The number of benzene rings is 1. The van der Waals surface area contributed by atoms with Gasteiger partial charge in [-0.05, 0) is 36.6 Å². The molecule has 0 aliphatic rings. The van der Waals surface area contributed by atoms with Gasteiger partial charge < -0.3 is 9.30 Å². The molecule has 0 spiro atoms. The van der Waals surface area contributed by atoms with Crippen LogP contribution >= 0.6 is 11.8 Å². The summed E-state index contributed by atoms with van der Waals surface area (Å²) in [5.74, 6) is 0.710. The van der Waals surface area contributed by atoms with Gasteiger partial charge in [-0.15, -0.1) is 11.8 Å². The minimum atomic E-state index is -0.00968. The van der Waals surface area contributed by atoms with Crippen molar-refractivity contribution < 1.29 is 9.53 Å². The van der Waals surface area contributed by atoms with Crippen molar-refractivity contribution in [3.63, 3.8) is 0 Å². The molecule has 1 heterocycles. The van der Waals surface area contributed by atoms with Gasteiger partial charge in [0, 0.05) is 29.9 Å². The minimum Gasteiger partial charge on any atom is -0.485 e. The number of ketones is 1. The average molecular weight is 261 g/mol. The molecule has 1 aromatic heterocycles. The molecule has 0 saturated heterocycles. The van der Waals surface area contributed by atoms with Gasteiger partial charge in [0.2, 0.25) is 5.78 Å². The predicted molar refractivity (Wildman–Crippen MR) is 73.5 cm³/mol. The standard InChI is InChI=1S/C14H15NO2S/c1-15-8-7-11(9-15)14(16)10-17-12-3-5-13(18-2)6-4-12/h3-9H,10H2,1-2H3. The third kappa shape index (κ3) is 3.17. The molecule has 3 nitrogen and oxygen atoms in total. The van der Waals surface area contributed by atoms with Crippen LogP contribution in [0.3, 0.4) is 0 Å². The third-order valence-corrected chi connectivity index (χ3v) is 3.33. The van der Waals surface area contributed by atoms with Crippen LogP contribution in [0.25, 0.3) is 0 Å². The summed E-state index contributed by atoms with van der Waals surface area (Å²) in [6.07, 6.45) is 5.66. The van der Waals surface area contributed by atoms with Crippen LogP contribution in [0.5, 0.6) is 5.75 Å².